The third-order valence-corrected chi connectivity index (χ3v) is 4.74. The fraction of sp³-hybridized carbons (Fsp3) is 0.571. The van der Waals surface area contributed by atoms with Crippen LogP contribution in [0.1, 0.15) is 16.7 Å². The zero-order chi connectivity index (χ0) is 17.1. The molecule has 2 fully saturated rings. The number of amides is 1. The minimum atomic E-state index is -1.05. The molecule has 0 aromatic carbocycles. The van der Waals surface area contributed by atoms with Crippen molar-refractivity contribution in [2.24, 2.45) is 5.73 Å². The molecule has 1 unspecified atom stereocenters. The minimum Gasteiger partial charge on any atom is -0.386 e. The molecule has 3 aliphatic rings. The summed E-state index contributed by atoms with van der Waals surface area (Å²) in [7, 11) is 1.54. The van der Waals surface area contributed by atoms with Gasteiger partial charge in [-0.3, -0.25) is 15.1 Å². The van der Waals surface area contributed by atoms with Crippen molar-refractivity contribution in [3.8, 4) is 0 Å². The second-order valence-corrected chi connectivity index (χ2v) is 6.02. The smallest absolute Gasteiger partial charge is 0.276 e. The van der Waals surface area contributed by atoms with Crippen LogP contribution in [-0.4, -0.2) is 64.5 Å². The highest BCUT2D eigenvalue weighted by molar-refractivity contribution is 5.99. The predicted octanol–water partition coefficient (Wildman–Crippen LogP) is -1.49. The van der Waals surface area contributed by atoms with Gasteiger partial charge < -0.3 is 30.0 Å². The topological polar surface area (TPSA) is 133 Å². The molecular formula is C14H19N5O5. The Morgan fingerprint density at radius 3 is 3.17 bits per heavy atom. The van der Waals surface area contributed by atoms with Gasteiger partial charge in [0.2, 0.25) is 0 Å². The van der Waals surface area contributed by atoms with Crippen LogP contribution in [0.25, 0.3) is 0 Å². The van der Waals surface area contributed by atoms with E-state index >= 15 is 0 Å². The fourth-order valence-electron chi connectivity index (χ4n) is 3.63. The van der Waals surface area contributed by atoms with Crippen molar-refractivity contribution in [2.75, 3.05) is 19.0 Å². The van der Waals surface area contributed by atoms with E-state index in [0.717, 1.165) is 0 Å². The van der Waals surface area contributed by atoms with Crippen molar-refractivity contribution in [3.05, 3.63) is 24.7 Å². The largest absolute Gasteiger partial charge is 0.386 e. The van der Waals surface area contributed by atoms with Crippen LogP contribution in [0.5, 0.6) is 0 Å². The van der Waals surface area contributed by atoms with E-state index in [1.165, 1.54) is 19.5 Å². The number of aromatic nitrogens is 2. The number of nitrogens with one attached hydrogen (secondary N) is 2. The molecule has 10 nitrogen and oxygen atoms in total. The van der Waals surface area contributed by atoms with Crippen molar-refractivity contribution >= 4 is 11.7 Å². The van der Waals surface area contributed by atoms with Gasteiger partial charge in [-0.2, -0.15) is 0 Å². The Labute approximate surface area is 137 Å². The zero-order valence-electron chi connectivity index (χ0n) is 13.0. The summed E-state index contributed by atoms with van der Waals surface area (Å²) in [6, 6.07) is 0. The number of anilines is 1. The number of ether oxygens (including phenoxy) is 3. The Morgan fingerprint density at radius 1 is 1.67 bits per heavy atom. The van der Waals surface area contributed by atoms with Crippen molar-refractivity contribution < 1.29 is 24.1 Å². The van der Waals surface area contributed by atoms with Crippen LogP contribution >= 0.6 is 0 Å². The third kappa shape index (κ3) is 1.88. The van der Waals surface area contributed by atoms with Crippen LogP contribution in [-0.2, 0) is 14.2 Å². The molecule has 0 aliphatic carbocycles. The highest BCUT2D eigenvalue weighted by Gasteiger charge is 2.65. The minimum absolute atomic E-state index is 0.185. The molecule has 3 aliphatic heterocycles. The average Bonchev–Trinajstić information content (AvgIpc) is 3.23. The number of nitrogens with zero attached hydrogens (tertiary/aromatic N) is 2. The molecule has 10 heteroatoms. The highest BCUT2D eigenvalue weighted by Crippen LogP contribution is 2.49. The Kier molecular flexibility index (Phi) is 3.41. The number of hydrogen-bond acceptors (Lipinski definition) is 8. The zero-order valence-corrected chi connectivity index (χ0v) is 13.0. The van der Waals surface area contributed by atoms with Gasteiger partial charge in [-0.1, -0.05) is 6.08 Å². The number of carbonyl (C=O) groups is 1. The van der Waals surface area contributed by atoms with Crippen molar-refractivity contribution in [2.45, 2.75) is 36.4 Å². The monoisotopic (exact) mass is 337 g/mol. The summed E-state index contributed by atoms with van der Waals surface area (Å²) in [5.41, 5.74) is 4.92. The molecule has 24 heavy (non-hydrogen) atoms. The van der Waals surface area contributed by atoms with Gasteiger partial charge in [-0.05, 0) is 0 Å². The number of fused-ring (bicyclic) bond motifs is 3. The maximum atomic E-state index is 12.0. The summed E-state index contributed by atoms with van der Waals surface area (Å²) in [5, 5.41) is 15.8. The van der Waals surface area contributed by atoms with Crippen LogP contribution in [0, 0.1) is 0 Å². The van der Waals surface area contributed by atoms with Crippen molar-refractivity contribution in [3.63, 3.8) is 0 Å². The lowest BCUT2D eigenvalue weighted by atomic mass is 9.92. The highest BCUT2D eigenvalue weighted by atomic mass is 16.7. The van der Waals surface area contributed by atoms with Gasteiger partial charge in [0.15, 0.2) is 23.8 Å². The van der Waals surface area contributed by atoms with Gasteiger partial charge in [0.1, 0.15) is 24.1 Å². The normalized spacial score (nSPS) is 38.4. The number of aliphatic hydroxyl groups is 1. The number of rotatable bonds is 4. The quantitative estimate of drug-likeness (QED) is 0.488. The summed E-state index contributed by atoms with van der Waals surface area (Å²) in [6.45, 7) is 3.81. The second kappa shape index (κ2) is 5.26. The molecule has 0 saturated carbocycles. The maximum absolute atomic E-state index is 12.0. The van der Waals surface area contributed by atoms with E-state index in [2.05, 4.69) is 22.2 Å². The standard InChI is InChI=1S/C14H19N5O5/c1-3-6(20)14-4-23-8(9(14)22-2)12(24-14)19-5-16-7-10(19)17-13(15)18-11(7)21/h3,5-6,8-9,12-13,17,20H,1,4,15H2,2H3,(H,18,21)/t6-,8+,9-,12+,13?,14+/m0/s1. The van der Waals surface area contributed by atoms with Crippen LogP contribution in [0.2, 0.25) is 0 Å². The number of aliphatic hydroxyl groups excluding tert-OH is 1. The molecule has 0 radical (unpaired) electrons. The molecule has 5 N–H and O–H groups in total. The van der Waals surface area contributed by atoms with Crippen molar-refractivity contribution in [1.29, 1.82) is 0 Å². The lowest BCUT2D eigenvalue weighted by Gasteiger charge is -2.34. The van der Waals surface area contributed by atoms with Crippen LogP contribution in [0.3, 0.4) is 0 Å². The molecule has 6 atom stereocenters. The molecule has 4 heterocycles. The summed E-state index contributed by atoms with van der Waals surface area (Å²) in [6.07, 6.45) is -0.400. The first-order chi connectivity index (χ1) is 11.5. The summed E-state index contributed by atoms with van der Waals surface area (Å²) in [5.74, 6) is 0.0636. The van der Waals surface area contributed by atoms with E-state index < -0.39 is 36.4 Å². The van der Waals surface area contributed by atoms with Crippen LogP contribution < -0.4 is 16.4 Å². The van der Waals surface area contributed by atoms with Gasteiger partial charge in [-0.25, -0.2) is 4.98 Å². The fourth-order valence-corrected chi connectivity index (χ4v) is 3.63. The molecular weight excluding hydrogens is 318 g/mol. The van der Waals surface area contributed by atoms with E-state index in [1.54, 1.807) is 4.57 Å². The van der Waals surface area contributed by atoms with E-state index in [9.17, 15) is 9.90 Å². The van der Waals surface area contributed by atoms with Gasteiger partial charge in [0.05, 0.1) is 12.9 Å². The van der Waals surface area contributed by atoms with Gasteiger partial charge >= 0.3 is 0 Å². The molecule has 2 saturated heterocycles. The average molecular weight is 337 g/mol. The lowest BCUT2D eigenvalue weighted by molar-refractivity contribution is -0.200. The van der Waals surface area contributed by atoms with Crippen LogP contribution in [0.4, 0.5) is 5.82 Å². The lowest BCUT2D eigenvalue weighted by Crippen LogP contribution is -2.52. The molecule has 4 rings (SSSR count). The molecule has 1 amide bonds. The Hall–Kier alpha value is -1.98. The van der Waals surface area contributed by atoms with E-state index in [4.69, 9.17) is 19.9 Å². The number of nitrogens with two attached hydrogens (primary N) is 1. The number of imidazole rings is 1. The second-order valence-electron chi connectivity index (χ2n) is 6.02. The Balaban J connectivity index is 1.73. The van der Waals surface area contributed by atoms with Crippen LogP contribution in [0.15, 0.2) is 19.0 Å². The third-order valence-electron chi connectivity index (χ3n) is 4.74. The molecule has 1 aromatic rings. The Bertz CT molecular complexity index is 693. The first kappa shape index (κ1) is 15.5. The number of methoxy groups -OCH3 is 1. The molecule has 0 spiro atoms. The van der Waals surface area contributed by atoms with Crippen molar-refractivity contribution in [1.82, 2.24) is 14.9 Å². The molecule has 130 valence electrons. The molecule has 2 bridgehead atoms. The van der Waals surface area contributed by atoms with E-state index in [1.807, 2.05) is 0 Å². The predicted molar refractivity (Wildman–Crippen MR) is 80.9 cm³/mol. The SMILES string of the molecule is C=C[C@H](O)[C@@]12CO[C@@H]([C@H](n3cnc4c3NC(N)NC4=O)O1)[C@@H]2OC. The van der Waals surface area contributed by atoms with Gasteiger partial charge in [-0.15, -0.1) is 6.58 Å². The first-order valence-electron chi connectivity index (χ1n) is 7.54. The summed E-state index contributed by atoms with van der Waals surface area (Å²) in [4.78, 5) is 16.1. The van der Waals surface area contributed by atoms with E-state index in [-0.39, 0.29) is 18.2 Å². The van der Waals surface area contributed by atoms with Gasteiger partial charge in [0, 0.05) is 7.11 Å². The van der Waals surface area contributed by atoms with Gasteiger partial charge in [0.25, 0.3) is 5.91 Å². The van der Waals surface area contributed by atoms with E-state index in [0.29, 0.717) is 5.82 Å². The summed E-state index contributed by atoms with van der Waals surface area (Å²) < 4.78 is 19.1. The summed E-state index contributed by atoms with van der Waals surface area (Å²) >= 11 is 0. The number of hydrogen-bond donors (Lipinski definition) is 4. The Morgan fingerprint density at radius 2 is 2.46 bits per heavy atom. The number of carbonyl (C=O) groups excluding carboxylic acids is 1. The maximum Gasteiger partial charge on any atom is 0.276 e. The first-order valence-corrected chi connectivity index (χ1v) is 7.54. The molecule has 1 aromatic heterocycles.